The number of hydrogen-bond donors (Lipinski definition) is 1. The molecule has 0 amide bonds. The summed E-state index contributed by atoms with van der Waals surface area (Å²) in [5.41, 5.74) is 0. The lowest BCUT2D eigenvalue weighted by molar-refractivity contribution is 0.539. The highest BCUT2D eigenvalue weighted by Crippen LogP contribution is 1.33. The molecule has 1 atom stereocenters. The Labute approximate surface area is 26.2 Å². The van der Waals surface area contributed by atoms with E-state index in [4.69, 9.17) is 8.76 Å². The van der Waals surface area contributed by atoms with Crippen LogP contribution in [0.3, 0.4) is 0 Å². The molecule has 26 valence electrons. The van der Waals surface area contributed by atoms with Crippen molar-refractivity contribution < 1.29 is 8.76 Å². The van der Waals surface area contributed by atoms with Crippen molar-refractivity contribution in [2.24, 2.45) is 5.14 Å². The molecule has 0 heterocycles. The van der Waals surface area contributed by atoms with Gasteiger partial charge in [0.05, 0.1) is 0 Å². The zero-order valence-corrected chi connectivity index (χ0v) is 2.62. The maximum atomic E-state index is 8.78. The van der Waals surface area contributed by atoms with Crippen molar-refractivity contribution >= 4 is 11.3 Å². The van der Waals surface area contributed by atoms with E-state index in [1.165, 1.54) is 0 Å². The van der Waals surface area contributed by atoms with Crippen molar-refractivity contribution in [2.45, 2.75) is 0 Å². The molecule has 0 bridgehead atoms. The van der Waals surface area contributed by atoms with Crippen LogP contribution in [0.25, 0.3) is 0 Å². The zero-order valence-electron chi connectivity index (χ0n) is 1.80. The van der Waals surface area contributed by atoms with Crippen LogP contribution in [0.2, 0.25) is 0 Å². The van der Waals surface area contributed by atoms with Crippen molar-refractivity contribution in [3.05, 3.63) is 0 Å². The SMILES string of the molecule is NS(=O)[O-]. The highest BCUT2D eigenvalue weighted by atomic mass is 32.2. The maximum absolute atomic E-state index is 8.78. The smallest absolute Gasteiger partial charge is 0.0152 e. The van der Waals surface area contributed by atoms with Crippen molar-refractivity contribution in [2.75, 3.05) is 0 Å². The summed E-state index contributed by atoms with van der Waals surface area (Å²) in [7, 11) is 0. The van der Waals surface area contributed by atoms with Gasteiger partial charge in [-0.1, -0.05) is 0 Å². The molecule has 0 aliphatic rings. The van der Waals surface area contributed by atoms with E-state index in [2.05, 4.69) is 5.14 Å². The lowest BCUT2D eigenvalue weighted by atomic mass is 13.9. The van der Waals surface area contributed by atoms with E-state index in [1.807, 2.05) is 0 Å². The molecule has 0 aromatic heterocycles. The Kier molecular flexibility index (Phi) is 1.42. The largest absolute Gasteiger partial charge is 0.760 e. The molecule has 1 unspecified atom stereocenters. The van der Waals surface area contributed by atoms with E-state index in [0.29, 0.717) is 0 Å². The fraction of sp³-hybridized carbons (Fsp3) is 0. The molecule has 2 N–H and O–H groups in total. The third-order valence-electron chi connectivity index (χ3n) is 0. The van der Waals surface area contributed by atoms with Gasteiger partial charge in [0.1, 0.15) is 0 Å². The second-order valence-corrected chi connectivity index (χ2v) is 0.781. The molecule has 3 nitrogen and oxygen atoms in total. The normalized spacial score (nSPS) is 15.5. The van der Waals surface area contributed by atoms with Crippen LogP contribution in [0.4, 0.5) is 0 Å². The van der Waals surface area contributed by atoms with E-state index < -0.39 is 11.3 Å². The molecule has 0 fully saturated rings. The van der Waals surface area contributed by atoms with Crippen molar-refractivity contribution in [1.82, 2.24) is 0 Å². The molecule has 0 radical (unpaired) electrons. The molecule has 0 aromatic rings. The predicted octanol–water partition coefficient (Wildman–Crippen LogP) is -1.26. The van der Waals surface area contributed by atoms with Gasteiger partial charge in [-0.15, -0.1) is 0 Å². The van der Waals surface area contributed by atoms with Crippen LogP contribution < -0.4 is 5.14 Å². The molecular formula is H2NO2S-. The summed E-state index contributed by atoms with van der Waals surface area (Å²) in [4.78, 5) is 0. The average molecular weight is 80.1 g/mol. The van der Waals surface area contributed by atoms with Gasteiger partial charge < -0.3 is 4.55 Å². The molecule has 0 rings (SSSR count). The van der Waals surface area contributed by atoms with E-state index >= 15 is 0 Å². The Hall–Kier alpha value is 0.0700. The fourth-order valence-corrected chi connectivity index (χ4v) is 0. The molecule has 4 heteroatoms. The summed E-state index contributed by atoms with van der Waals surface area (Å²) in [6.45, 7) is 0. The summed E-state index contributed by atoms with van der Waals surface area (Å²) in [6, 6.07) is 0. The third kappa shape index (κ3) is 484. The first-order chi connectivity index (χ1) is 1.73. The zero-order chi connectivity index (χ0) is 3.58. The van der Waals surface area contributed by atoms with Crippen LogP contribution in [0.15, 0.2) is 0 Å². The van der Waals surface area contributed by atoms with Crippen molar-refractivity contribution in [3.63, 3.8) is 0 Å². The second kappa shape index (κ2) is 1.40. The van der Waals surface area contributed by atoms with Crippen LogP contribution in [0.1, 0.15) is 0 Å². The molecule has 0 aliphatic heterocycles. The summed E-state index contributed by atoms with van der Waals surface area (Å²) in [5, 5.41) is 4.03. The molecular weight excluding hydrogens is 78.1 g/mol. The first-order valence-corrected chi connectivity index (χ1v) is 1.71. The monoisotopic (exact) mass is 80.0 g/mol. The van der Waals surface area contributed by atoms with Crippen molar-refractivity contribution in [1.29, 1.82) is 0 Å². The first kappa shape index (κ1) is 4.07. The van der Waals surface area contributed by atoms with Crippen molar-refractivity contribution in [3.8, 4) is 0 Å². The van der Waals surface area contributed by atoms with E-state index in [9.17, 15) is 0 Å². The van der Waals surface area contributed by atoms with Crippen LogP contribution in [0.5, 0.6) is 0 Å². The topological polar surface area (TPSA) is 66.2 Å². The quantitative estimate of drug-likeness (QED) is 0.369. The van der Waals surface area contributed by atoms with Gasteiger partial charge in [-0.05, 0) is 0 Å². The summed E-state index contributed by atoms with van der Waals surface area (Å²) < 4.78 is 17.6. The minimum absolute atomic E-state index is 2.36. The van der Waals surface area contributed by atoms with Crippen LogP contribution in [-0.2, 0) is 11.3 Å². The Morgan fingerprint density at radius 1 is 2.00 bits per heavy atom. The highest BCUT2D eigenvalue weighted by Gasteiger charge is 1.39. The average Bonchev–Trinajstić information content (AvgIpc) is 0.811. The molecule has 0 saturated carbocycles. The van der Waals surface area contributed by atoms with E-state index in [-0.39, 0.29) is 0 Å². The lowest BCUT2D eigenvalue weighted by Crippen LogP contribution is -1.97. The van der Waals surface area contributed by atoms with Gasteiger partial charge in [0, 0.05) is 11.3 Å². The minimum Gasteiger partial charge on any atom is -0.760 e. The molecule has 0 aromatic carbocycles. The minimum atomic E-state index is -2.36. The summed E-state index contributed by atoms with van der Waals surface area (Å²) in [6.07, 6.45) is 0. The Balaban J connectivity index is 2.80. The van der Waals surface area contributed by atoms with Gasteiger partial charge in [0.15, 0.2) is 0 Å². The highest BCUT2D eigenvalue weighted by molar-refractivity contribution is 7.76. The molecule has 4 heavy (non-hydrogen) atoms. The Bertz CT molecular complexity index is 29.0. The summed E-state index contributed by atoms with van der Waals surface area (Å²) in [5.74, 6) is 0. The van der Waals surface area contributed by atoms with E-state index in [0.717, 1.165) is 0 Å². The van der Waals surface area contributed by atoms with Gasteiger partial charge in [-0.3, -0.25) is 9.35 Å². The Morgan fingerprint density at radius 3 is 2.00 bits per heavy atom. The number of rotatable bonds is 0. The molecule has 0 aliphatic carbocycles. The van der Waals surface area contributed by atoms with Gasteiger partial charge in [-0.2, -0.15) is 0 Å². The lowest BCUT2D eigenvalue weighted by Gasteiger charge is -1.85. The fourth-order valence-electron chi connectivity index (χ4n) is 0. The first-order valence-electron chi connectivity index (χ1n) is 0.569. The van der Waals surface area contributed by atoms with Gasteiger partial charge in [0.25, 0.3) is 0 Å². The van der Waals surface area contributed by atoms with E-state index in [1.54, 1.807) is 0 Å². The van der Waals surface area contributed by atoms with Gasteiger partial charge in [-0.25, -0.2) is 0 Å². The predicted molar refractivity (Wildman–Crippen MR) is 13.1 cm³/mol. The van der Waals surface area contributed by atoms with Gasteiger partial charge in [0.2, 0.25) is 0 Å². The Morgan fingerprint density at radius 2 is 2.00 bits per heavy atom. The summed E-state index contributed by atoms with van der Waals surface area (Å²) >= 11 is -2.36. The number of hydrogen-bond acceptors (Lipinski definition) is 2. The third-order valence-corrected chi connectivity index (χ3v) is 0. The second-order valence-electron chi connectivity index (χ2n) is 0.260. The molecule has 0 saturated heterocycles. The maximum Gasteiger partial charge on any atom is 0.0152 e. The van der Waals surface area contributed by atoms with Crippen LogP contribution in [0, 0.1) is 0 Å². The van der Waals surface area contributed by atoms with Gasteiger partial charge >= 0.3 is 0 Å². The number of nitrogens with two attached hydrogens (primary N) is 1. The molecule has 0 spiro atoms. The van der Waals surface area contributed by atoms with Crippen LogP contribution in [-0.4, -0.2) is 8.76 Å². The standard InChI is InChI=1S/H3NO2S/c1-4(2)3/h1H2,(H,2,3)/p-1. The van der Waals surface area contributed by atoms with Crippen LogP contribution >= 0.6 is 0 Å².